The van der Waals surface area contributed by atoms with Gasteiger partial charge in [-0.15, -0.1) is 0 Å². The van der Waals surface area contributed by atoms with Crippen LogP contribution >= 0.6 is 0 Å². The van der Waals surface area contributed by atoms with Crippen molar-refractivity contribution in [1.82, 2.24) is 26.1 Å². The van der Waals surface area contributed by atoms with Crippen LogP contribution in [0.3, 0.4) is 0 Å². The van der Waals surface area contributed by atoms with Crippen LogP contribution < -0.4 is 27.4 Å². The molecule has 0 spiro atoms. The van der Waals surface area contributed by atoms with Crippen molar-refractivity contribution in [3.05, 3.63) is 11.7 Å². The fourth-order valence-electron chi connectivity index (χ4n) is 3.13. The van der Waals surface area contributed by atoms with Crippen LogP contribution in [0.5, 0.6) is 0 Å². The third kappa shape index (κ3) is 8.35. The highest BCUT2D eigenvalue weighted by Crippen LogP contribution is 2.23. The van der Waals surface area contributed by atoms with E-state index in [-0.39, 0.29) is 43.7 Å². The number of carboxylic acid groups (broad SMARTS) is 1. The quantitative estimate of drug-likeness (QED) is 0.0796. The first kappa shape index (κ1) is 24.3. The molecule has 174 valence electrons. The molecule has 1 aromatic rings. The minimum Gasteiger partial charge on any atom is -0.480 e. The van der Waals surface area contributed by atoms with Crippen molar-refractivity contribution in [3.63, 3.8) is 0 Å². The molecule has 0 aliphatic carbocycles. The summed E-state index contributed by atoms with van der Waals surface area (Å²) in [5, 5.41) is 39.8. The SMILES string of the molecule is NC(N)=NCCC[C@H](NC(=O)N[C@@H](CCC(O)O)c1nc([C@@H]2CCCN2)no1)C(=O)O. The molecule has 3 atom stereocenters. The summed E-state index contributed by atoms with van der Waals surface area (Å²) in [6.07, 6.45) is 0.725. The van der Waals surface area contributed by atoms with E-state index in [1.807, 2.05) is 0 Å². The number of hydrogen-bond donors (Lipinski definition) is 8. The number of aliphatic imine (C=N–C) groups is 1. The predicted octanol–water partition coefficient (Wildman–Crippen LogP) is -1.57. The van der Waals surface area contributed by atoms with Gasteiger partial charge in [-0.1, -0.05) is 5.16 Å². The number of carbonyl (C=O) groups is 2. The van der Waals surface area contributed by atoms with E-state index in [4.69, 9.17) is 16.0 Å². The fraction of sp³-hybridized carbons (Fsp3) is 0.706. The van der Waals surface area contributed by atoms with Crippen LogP contribution in [0.25, 0.3) is 0 Å². The Morgan fingerprint density at radius 3 is 2.65 bits per heavy atom. The smallest absolute Gasteiger partial charge is 0.326 e. The molecule has 1 fully saturated rings. The lowest BCUT2D eigenvalue weighted by Gasteiger charge is -2.19. The number of nitrogens with one attached hydrogen (secondary N) is 3. The van der Waals surface area contributed by atoms with Crippen LogP contribution in [0.15, 0.2) is 9.52 Å². The first-order valence-corrected chi connectivity index (χ1v) is 10.0. The Morgan fingerprint density at radius 1 is 1.26 bits per heavy atom. The number of carbonyl (C=O) groups excluding carboxylic acids is 1. The summed E-state index contributed by atoms with van der Waals surface area (Å²) in [6.45, 7) is 1.07. The van der Waals surface area contributed by atoms with Crippen LogP contribution in [0.1, 0.15) is 62.3 Å². The second kappa shape index (κ2) is 12.0. The first-order valence-electron chi connectivity index (χ1n) is 10.0. The van der Waals surface area contributed by atoms with Crippen molar-refractivity contribution in [2.45, 2.75) is 62.9 Å². The van der Waals surface area contributed by atoms with E-state index in [9.17, 15) is 24.9 Å². The minimum absolute atomic E-state index is 0.0444. The standard InChI is InChI=1S/C17H30N8O6/c18-16(19)21-8-2-4-11(15(28)29)23-17(30)22-10(5-6-12(26)27)14-24-13(25-31-14)9-3-1-7-20-9/h9-12,20,26-27H,1-8H2,(H,28,29)(H4,18,19,21)(H2,22,23,30)/t9-,10-,11-/m0/s1. The lowest BCUT2D eigenvalue weighted by atomic mass is 10.1. The number of guanidine groups is 1. The van der Waals surface area contributed by atoms with E-state index < -0.39 is 30.4 Å². The molecule has 2 amide bonds. The van der Waals surface area contributed by atoms with Crippen LogP contribution in [0, 0.1) is 0 Å². The zero-order valence-electron chi connectivity index (χ0n) is 17.0. The Labute approximate surface area is 178 Å². The number of rotatable bonds is 12. The predicted molar refractivity (Wildman–Crippen MR) is 107 cm³/mol. The molecule has 14 heteroatoms. The van der Waals surface area contributed by atoms with Crippen LogP contribution in [0.2, 0.25) is 0 Å². The maximum absolute atomic E-state index is 12.4. The molecule has 2 heterocycles. The highest BCUT2D eigenvalue weighted by atomic mass is 16.5. The summed E-state index contributed by atoms with van der Waals surface area (Å²) in [4.78, 5) is 31.9. The molecule has 0 unspecified atom stereocenters. The van der Waals surface area contributed by atoms with Gasteiger partial charge in [-0.3, -0.25) is 4.99 Å². The van der Waals surface area contributed by atoms with Crippen molar-refractivity contribution in [1.29, 1.82) is 0 Å². The Kier molecular flexibility index (Phi) is 9.42. The van der Waals surface area contributed by atoms with E-state index in [0.717, 1.165) is 19.4 Å². The minimum atomic E-state index is -1.59. The average Bonchev–Trinajstić information content (AvgIpc) is 3.38. The topological polar surface area (TPSA) is 234 Å². The molecule has 2 rings (SSSR count). The van der Waals surface area contributed by atoms with Crippen molar-refractivity contribution in [3.8, 4) is 0 Å². The lowest BCUT2D eigenvalue weighted by molar-refractivity contribution is -0.139. The van der Waals surface area contributed by atoms with E-state index >= 15 is 0 Å². The van der Waals surface area contributed by atoms with Gasteiger partial charge in [0.05, 0.1) is 6.04 Å². The summed E-state index contributed by atoms with van der Waals surface area (Å²) >= 11 is 0. The van der Waals surface area contributed by atoms with Gasteiger partial charge >= 0.3 is 12.0 Å². The molecule has 0 aromatic carbocycles. The van der Waals surface area contributed by atoms with Crippen molar-refractivity contribution >= 4 is 18.0 Å². The number of aromatic nitrogens is 2. The summed E-state index contributed by atoms with van der Waals surface area (Å²) in [5.41, 5.74) is 10.4. The molecule has 1 aliphatic heterocycles. The average molecular weight is 442 g/mol. The number of urea groups is 1. The molecule has 0 radical (unpaired) electrons. The Balaban J connectivity index is 1.99. The summed E-state index contributed by atoms with van der Waals surface area (Å²) in [5.74, 6) is -0.765. The van der Waals surface area contributed by atoms with Crippen LogP contribution in [-0.4, -0.2) is 68.8 Å². The monoisotopic (exact) mass is 442 g/mol. The molecule has 1 aliphatic rings. The van der Waals surface area contributed by atoms with Gasteiger partial charge in [-0.2, -0.15) is 4.98 Å². The highest BCUT2D eigenvalue weighted by Gasteiger charge is 2.27. The molecular weight excluding hydrogens is 412 g/mol. The fourth-order valence-corrected chi connectivity index (χ4v) is 3.13. The zero-order chi connectivity index (χ0) is 22.8. The lowest BCUT2D eigenvalue weighted by Crippen LogP contribution is -2.47. The number of nitrogens with two attached hydrogens (primary N) is 2. The molecule has 14 nitrogen and oxygen atoms in total. The van der Waals surface area contributed by atoms with Gasteiger partial charge in [0.25, 0.3) is 0 Å². The van der Waals surface area contributed by atoms with E-state index in [2.05, 4.69) is 31.1 Å². The number of aliphatic hydroxyl groups excluding tert-OH is 1. The number of hydrogen-bond acceptors (Lipinski definition) is 9. The summed E-state index contributed by atoms with van der Waals surface area (Å²) < 4.78 is 5.27. The van der Waals surface area contributed by atoms with E-state index in [1.165, 1.54) is 0 Å². The molecule has 0 saturated carbocycles. The Morgan fingerprint density at radius 2 is 2.03 bits per heavy atom. The highest BCUT2D eigenvalue weighted by molar-refractivity contribution is 5.82. The number of nitrogens with zero attached hydrogens (tertiary/aromatic N) is 3. The Hall–Kier alpha value is -2.97. The summed E-state index contributed by atoms with van der Waals surface area (Å²) in [6, 6.07) is -2.82. The van der Waals surface area contributed by atoms with Gasteiger partial charge in [0, 0.05) is 13.0 Å². The molecule has 1 aromatic heterocycles. The largest absolute Gasteiger partial charge is 0.480 e. The van der Waals surface area contributed by atoms with Crippen molar-refractivity contribution in [2.75, 3.05) is 13.1 Å². The number of carboxylic acids is 1. The number of amides is 2. The van der Waals surface area contributed by atoms with Crippen molar-refractivity contribution < 1.29 is 29.4 Å². The Bertz CT molecular complexity index is 745. The van der Waals surface area contributed by atoms with Gasteiger partial charge in [0.15, 0.2) is 18.1 Å². The number of aliphatic hydroxyl groups is 2. The van der Waals surface area contributed by atoms with Crippen molar-refractivity contribution in [2.24, 2.45) is 16.5 Å². The molecule has 0 bridgehead atoms. The first-order chi connectivity index (χ1) is 14.8. The normalized spacial score (nSPS) is 17.8. The summed E-state index contributed by atoms with van der Waals surface area (Å²) in [7, 11) is 0. The maximum atomic E-state index is 12.4. The molecule has 1 saturated heterocycles. The van der Waals surface area contributed by atoms with Gasteiger partial charge in [0.2, 0.25) is 5.89 Å². The van der Waals surface area contributed by atoms with Crippen LogP contribution in [0.4, 0.5) is 4.79 Å². The zero-order valence-corrected chi connectivity index (χ0v) is 17.0. The van der Waals surface area contributed by atoms with Gasteiger partial charge in [-0.05, 0) is 38.6 Å². The molecule has 31 heavy (non-hydrogen) atoms. The third-order valence-corrected chi connectivity index (χ3v) is 4.70. The number of aliphatic carboxylic acids is 1. The van der Waals surface area contributed by atoms with E-state index in [1.54, 1.807) is 0 Å². The molecule has 10 N–H and O–H groups in total. The van der Waals surface area contributed by atoms with Gasteiger partial charge in [0.1, 0.15) is 12.1 Å². The second-order valence-corrected chi connectivity index (χ2v) is 7.21. The molecular formula is C17H30N8O6. The maximum Gasteiger partial charge on any atom is 0.326 e. The third-order valence-electron chi connectivity index (χ3n) is 4.70. The van der Waals surface area contributed by atoms with Gasteiger partial charge in [-0.25, -0.2) is 9.59 Å². The second-order valence-electron chi connectivity index (χ2n) is 7.21. The van der Waals surface area contributed by atoms with E-state index in [0.29, 0.717) is 12.2 Å². The van der Waals surface area contributed by atoms with Crippen LogP contribution in [-0.2, 0) is 4.79 Å². The van der Waals surface area contributed by atoms with Gasteiger partial charge < -0.3 is 47.3 Å².